The van der Waals surface area contributed by atoms with Gasteiger partial charge < -0.3 is 5.32 Å². The molecular weight excluding hydrogens is 234 g/mol. The summed E-state index contributed by atoms with van der Waals surface area (Å²) in [6.45, 7) is 8.63. The van der Waals surface area contributed by atoms with Crippen LogP contribution in [0.1, 0.15) is 31.3 Å². The third-order valence-corrected chi connectivity index (χ3v) is 3.63. The van der Waals surface area contributed by atoms with Gasteiger partial charge in [0.1, 0.15) is 0 Å². The number of likely N-dealkylation sites (N-methyl/N-ethyl adjacent to an activating group) is 1. The second-order valence-corrected chi connectivity index (χ2v) is 5.55. The quantitative estimate of drug-likeness (QED) is 0.872. The Labute approximate surface area is 107 Å². The van der Waals surface area contributed by atoms with Gasteiger partial charge in [-0.2, -0.15) is 0 Å². The van der Waals surface area contributed by atoms with E-state index in [4.69, 9.17) is 0 Å². The maximum atomic E-state index is 11.8. The Morgan fingerprint density at radius 2 is 2.18 bits per heavy atom. The Hall–Kier alpha value is -0.940. The molecule has 0 bridgehead atoms. The molecule has 1 N–H and O–H groups in total. The van der Waals surface area contributed by atoms with Crippen LogP contribution in [0.25, 0.3) is 0 Å². The zero-order chi connectivity index (χ0) is 13.0. The fraction of sp³-hybridized carbons (Fsp3) is 0.667. The number of nitrogens with zero attached hydrogens (tertiary/aromatic N) is 2. The van der Waals surface area contributed by atoms with Gasteiger partial charge in [-0.3, -0.25) is 9.69 Å². The molecule has 1 amide bonds. The fourth-order valence-electron chi connectivity index (χ4n) is 1.45. The van der Waals surface area contributed by atoms with E-state index in [2.05, 4.69) is 10.3 Å². The van der Waals surface area contributed by atoms with Gasteiger partial charge in [-0.05, 0) is 34.7 Å². The second-order valence-electron chi connectivity index (χ2n) is 4.62. The van der Waals surface area contributed by atoms with Crippen LogP contribution in [-0.4, -0.2) is 34.9 Å². The summed E-state index contributed by atoms with van der Waals surface area (Å²) in [5.41, 5.74) is 2.90. The second kappa shape index (κ2) is 6.12. The van der Waals surface area contributed by atoms with Gasteiger partial charge in [-0.25, -0.2) is 4.98 Å². The first-order chi connectivity index (χ1) is 7.91. The van der Waals surface area contributed by atoms with Crippen molar-refractivity contribution in [1.82, 2.24) is 15.2 Å². The molecule has 0 aliphatic rings. The summed E-state index contributed by atoms with van der Waals surface area (Å²) in [5.74, 6) is 0.0738. The van der Waals surface area contributed by atoms with Gasteiger partial charge in [-0.15, -0.1) is 11.3 Å². The van der Waals surface area contributed by atoms with E-state index in [0.29, 0.717) is 0 Å². The Bertz CT molecular complexity index is 376. The number of hydrogen-bond donors (Lipinski definition) is 1. The Balaban J connectivity index is 2.55. The van der Waals surface area contributed by atoms with Crippen LogP contribution in [0.15, 0.2) is 5.51 Å². The Kier molecular flexibility index (Phi) is 5.08. The molecule has 0 radical (unpaired) electrons. The third kappa shape index (κ3) is 4.09. The third-order valence-electron chi connectivity index (χ3n) is 2.71. The van der Waals surface area contributed by atoms with E-state index in [9.17, 15) is 4.79 Å². The first-order valence-electron chi connectivity index (χ1n) is 5.81. The van der Waals surface area contributed by atoms with Gasteiger partial charge in [0, 0.05) is 17.5 Å². The van der Waals surface area contributed by atoms with Crippen molar-refractivity contribution in [1.29, 1.82) is 0 Å². The lowest BCUT2D eigenvalue weighted by Crippen LogP contribution is -2.45. The highest BCUT2D eigenvalue weighted by molar-refractivity contribution is 7.09. The topological polar surface area (TPSA) is 45.2 Å². The van der Waals surface area contributed by atoms with Crippen molar-refractivity contribution in [3.8, 4) is 0 Å². The van der Waals surface area contributed by atoms with Crippen LogP contribution in [0.2, 0.25) is 0 Å². The predicted molar refractivity (Wildman–Crippen MR) is 71.1 cm³/mol. The summed E-state index contributed by atoms with van der Waals surface area (Å²) in [6, 6.07) is 0.0578. The first-order valence-corrected chi connectivity index (χ1v) is 6.69. The molecule has 0 aromatic carbocycles. The summed E-state index contributed by atoms with van der Waals surface area (Å²) in [7, 11) is 1.96. The molecular formula is C12H21N3OS. The van der Waals surface area contributed by atoms with Crippen LogP contribution in [-0.2, 0) is 11.3 Å². The number of amides is 1. The molecule has 0 fully saturated rings. The number of rotatable bonds is 5. The molecule has 0 unspecified atom stereocenters. The van der Waals surface area contributed by atoms with Crippen LogP contribution in [0.4, 0.5) is 0 Å². The largest absolute Gasteiger partial charge is 0.353 e. The zero-order valence-corrected chi connectivity index (χ0v) is 12.0. The molecule has 1 aromatic rings. The van der Waals surface area contributed by atoms with Crippen LogP contribution >= 0.6 is 11.3 Å². The molecule has 1 heterocycles. The normalized spacial score (nSPS) is 13.1. The molecule has 0 aliphatic carbocycles. The van der Waals surface area contributed by atoms with Gasteiger partial charge >= 0.3 is 0 Å². The summed E-state index contributed by atoms with van der Waals surface area (Å²) < 4.78 is 0. The molecule has 1 aromatic heterocycles. The molecule has 1 atom stereocenters. The van der Waals surface area contributed by atoms with Crippen molar-refractivity contribution >= 4 is 17.2 Å². The van der Waals surface area contributed by atoms with E-state index in [0.717, 1.165) is 12.2 Å². The molecule has 96 valence electrons. The van der Waals surface area contributed by atoms with Crippen molar-refractivity contribution in [3.63, 3.8) is 0 Å². The number of thiazole rings is 1. The molecule has 1 rings (SSSR count). The molecule has 5 heteroatoms. The Morgan fingerprint density at radius 1 is 1.53 bits per heavy atom. The SMILES string of the molecule is Cc1ncsc1CN(C)[C@H](C)C(=O)NC(C)C. The highest BCUT2D eigenvalue weighted by atomic mass is 32.1. The van der Waals surface area contributed by atoms with Gasteiger partial charge in [0.05, 0.1) is 17.2 Å². The highest BCUT2D eigenvalue weighted by Gasteiger charge is 2.19. The van der Waals surface area contributed by atoms with Gasteiger partial charge in [0.25, 0.3) is 0 Å². The van der Waals surface area contributed by atoms with Gasteiger partial charge in [0.15, 0.2) is 0 Å². The highest BCUT2D eigenvalue weighted by Crippen LogP contribution is 2.15. The summed E-state index contributed by atoms with van der Waals surface area (Å²) in [4.78, 5) is 19.3. The number of aromatic nitrogens is 1. The van der Waals surface area contributed by atoms with Crippen molar-refractivity contribution in [3.05, 3.63) is 16.1 Å². The van der Waals surface area contributed by atoms with Crippen molar-refractivity contribution in [2.75, 3.05) is 7.05 Å². The predicted octanol–water partition coefficient (Wildman–Crippen LogP) is 1.80. The summed E-state index contributed by atoms with van der Waals surface area (Å²) in [5, 5.41) is 2.92. The van der Waals surface area contributed by atoms with Crippen LogP contribution in [0, 0.1) is 6.92 Å². The molecule has 0 saturated heterocycles. The maximum absolute atomic E-state index is 11.8. The van der Waals surface area contributed by atoms with E-state index >= 15 is 0 Å². The number of carbonyl (C=O) groups is 1. The lowest BCUT2D eigenvalue weighted by Gasteiger charge is -2.24. The minimum absolute atomic E-state index is 0.0738. The van der Waals surface area contributed by atoms with Crippen molar-refractivity contribution in [2.45, 2.75) is 46.3 Å². The number of nitrogens with one attached hydrogen (secondary N) is 1. The molecule has 0 spiro atoms. The monoisotopic (exact) mass is 255 g/mol. The number of carbonyl (C=O) groups excluding carboxylic acids is 1. The van der Waals surface area contributed by atoms with Crippen LogP contribution in [0.3, 0.4) is 0 Å². The average Bonchev–Trinajstić information content (AvgIpc) is 2.62. The smallest absolute Gasteiger partial charge is 0.237 e. The van der Waals surface area contributed by atoms with Gasteiger partial charge in [0.2, 0.25) is 5.91 Å². The van der Waals surface area contributed by atoms with Crippen LogP contribution in [0.5, 0.6) is 0 Å². The summed E-state index contributed by atoms with van der Waals surface area (Å²) in [6.07, 6.45) is 0. The minimum atomic E-state index is -0.126. The van der Waals surface area contributed by atoms with E-state index in [-0.39, 0.29) is 18.0 Å². The zero-order valence-electron chi connectivity index (χ0n) is 11.2. The van der Waals surface area contributed by atoms with E-state index in [1.165, 1.54) is 4.88 Å². The fourth-order valence-corrected chi connectivity index (χ4v) is 2.29. The minimum Gasteiger partial charge on any atom is -0.353 e. The lowest BCUT2D eigenvalue weighted by molar-refractivity contribution is -0.126. The van der Waals surface area contributed by atoms with Crippen molar-refractivity contribution in [2.24, 2.45) is 0 Å². The Morgan fingerprint density at radius 3 is 2.65 bits per heavy atom. The van der Waals surface area contributed by atoms with Crippen LogP contribution < -0.4 is 5.32 Å². The number of hydrogen-bond acceptors (Lipinski definition) is 4. The average molecular weight is 255 g/mol. The molecule has 4 nitrogen and oxygen atoms in total. The maximum Gasteiger partial charge on any atom is 0.237 e. The van der Waals surface area contributed by atoms with Gasteiger partial charge in [-0.1, -0.05) is 0 Å². The number of aryl methyl sites for hydroxylation is 1. The van der Waals surface area contributed by atoms with E-state index < -0.39 is 0 Å². The molecule has 0 aliphatic heterocycles. The molecule has 17 heavy (non-hydrogen) atoms. The first kappa shape index (κ1) is 14.1. The van der Waals surface area contributed by atoms with Crippen molar-refractivity contribution < 1.29 is 4.79 Å². The van der Waals surface area contributed by atoms with E-state index in [1.807, 2.05) is 45.2 Å². The standard InChI is InChI=1S/C12H21N3OS/c1-8(2)14-12(16)10(4)15(5)6-11-9(3)13-7-17-11/h7-8,10H,6H2,1-5H3,(H,14,16)/t10-/m1/s1. The summed E-state index contributed by atoms with van der Waals surface area (Å²) >= 11 is 1.64. The lowest BCUT2D eigenvalue weighted by atomic mass is 10.2. The van der Waals surface area contributed by atoms with E-state index in [1.54, 1.807) is 11.3 Å². The molecule has 0 saturated carbocycles.